The normalized spacial score (nSPS) is 22.2. The molecule has 0 saturated heterocycles. The van der Waals surface area contributed by atoms with Gasteiger partial charge >= 0.3 is 0 Å². The van der Waals surface area contributed by atoms with Crippen LogP contribution in [0, 0.1) is 0 Å². The summed E-state index contributed by atoms with van der Waals surface area (Å²) in [6, 6.07) is 0.104. The molecule has 12 heavy (non-hydrogen) atoms. The van der Waals surface area contributed by atoms with E-state index < -0.39 is 0 Å². The van der Waals surface area contributed by atoms with E-state index in [4.69, 9.17) is 10.6 Å². The molecular formula is C8H14N2O2. The number of hydroxylamine groups is 1. The van der Waals surface area contributed by atoms with Gasteiger partial charge in [0.05, 0.1) is 6.61 Å². The number of nitrogens with two attached hydrogens (primary N) is 1. The van der Waals surface area contributed by atoms with Gasteiger partial charge in [0.1, 0.15) is 0 Å². The number of rotatable bonds is 3. The van der Waals surface area contributed by atoms with Crippen LogP contribution in [0.2, 0.25) is 0 Å². The SMILES string of the molecule is CCONC(=O)C1=CC[C@H](N)C1. The summed E-state index contributed by atoms with van der Waals surface area (Å²) in [5, 5.41) is 0. The van der Waals surface area contributed by atoms with Crippen molar-refractivity contribution >= 4 is 5.91 Å². The molecule has 0 fully saturated rings. The lowest BCUT2D eigenvalue weighted by atomic mass is 10.2. The van der Waals surface area contributed by atoms with Gasteiger partial charge in [0, 0.05) is 11.6 Å². The number of hydrogen-bond acceptors (Lipinski definition) is 3. The Balaban J connectivity index is 2.33. The van der Waals surface area contributed by atoms with Crippen molar-refractivity contribution in [2.45, 2.75) is 25.8 Å². The molecule has 0 heterocycles. The summed E-state index contributed by atoms with van der Waals surface area (Å²) in [6.07, 6.45) is 3.30. The van der Waals surface area contributed by atoms with Gasteiger partial charge in [-0.2, -0.15) is 0 Å². The second-order valence-corrected chi connectivity index (χ2v) is 2.79. The van der Waals surface area contributed by atoms with Gasteiger partial charge in [-0.1, -0.05) is 6.08 Å². The van der Waals surface area contributed by atoms with Crippen molar-refractivity contribution in [1.29, 1.82) is 0 Å². The van der Waals surface area contributed by atoms with Gasteiger partial charge < -0.3 is 5.73 Å². The van der Waals surface area contributed by atoms with Crippen LogP contribution in [0.3, 0.4) is 0 Å². The monoisotopic (exact) mass is 170 g/mol. The number of hydrogen-bond donors (Lipinski definition) is 2. The molecule has 3 N–H and O–H groups in total. The predicted octanol–water partition coefficient (Wildman–Crippen LogP) is 0.102. The molecule has 1 atom stereocenters. The summed E-state index contributed by atoms with van der Waals surface area (Å²) in [5.74, 6) is -0.162. The van der Waals surface area contributed by atoms with Crippen molar-refractivity contribution in [2.75, 3.05) is 6.61 Å². The average Bonchev–Trinajstić information content (AvgIpc) is 2.47. The second kappa shape index (κ2) is 4.23. The van der Waals surface area contributed by atoms with Gasteiger partial charge in [-0.3, -0.25) is 9.63 Å². The maximum absolute atomic E-state index is 11.2. The molecule has 0 aromatic carbocycles. The van der Waals surface area contributed by atoms with Crippen molar-refractivity contribution < 1.29 is 9.63 Å². The van der Waals surface area contributed by atoms with Crippen molar-refractivity contribution in [3.8, 4) is 0 Å². The predicted molar refractivity (Wildman–Crippen MR) is 45.1 cm³/mol. The average molecular weight is 170 g/mol. The Kier molecular flexibility index (Phi) is 3.25. The van der Waals surface area contributed by atoms with Crippen molar-refractivity contribution in [2.24, 2.45) is 5.73 Å². The second-order valence-electron chi connectivity index (χ2n) is 2.79. The molecule has 0 aromatic rings. The Hall–Kier alpha value is -0.870. The zero-order valence-electron chi connectivity index (χ0n) is 7.17. The van der Waals surface area contributed by atoms with Crippen LogP contribution in [0.4, 0.5) is 0 Å². The minimum Gasteiger partial charge on any atom is -0.327 e. The fraction of sp³-hybridized carbons (Fsp3) is 0.625. The number of amides is 1. The number of carbonyl (C=O) groups excluding carboxylic acids is 1. The van der Waals surface area contributed by atoms with Gasteiger partial charge in [0.2, 0.25) is 0 Å². The third-order valence-corrected chi connectivity index (χ3v) is 1.75. The maximum atomic E-state index is 11.2. The van der Waals surface area contributed by atoms with E-state index in [1.807, 2.05) is 13.0 Å². The van der Waals surface area contributed by atoms with E-state index in [2.05, 4.69) is 5.48 Å². The van der Waals surface area contributed by atoms with E-state index in [1.165, 1.54) is 0 Å². The Labute approximate surface area is 71.7 Å². The summed E-state index contributed by atoms with van der Waals surface area (Å²) >= 11 is 0. The number of carbonyl (C=O) groups is 1. The summed E-state index contributed by atoms with van der Waals surface area (Å²) in [4.78, 5) is 16.0. The zero-order valence-corrected chi connectivity index (χ0v) is 7.17. The van der Waals surface area contributed by atoms with Crippen LogP contribution in [0.15, 0.2) is 11.6 Å². The van der Waals surface area contributed by atoms with Gasteiger partial charge in [-0.25, -0.2) is 5.48 Å². The first kappa shape index (κ1) is 9.22. The lowest BCUT2D eigenvalue weighted by molar-refractivity contribution is -0.129. The first-order chi connectivity index (χ1) is 5.74. The summed E-state index contributed by atoms with van der Waals surface area (Å²) < 4.78 is 0. The largest absolute Gasteiger partial charge is 0.327 e. The molecule has 0 unspecified atom stereocenters. The smallest absolute Gasteiger partial charge is 0.270 e. The van der Waals surface area contributed by atoms with Gasteiger partial charge in [0.25, 0.3) is 5.91 Å². The van der Waals surface area contributed by atoms with Crippen LogP contribution in [-0.2, 0) is 9.63 Å². The molecule has 0 spiro atoms. The molecule has 4 nitrogen and oxygen atoms in total. The van der Waals surface area contributed by atoms with Gasteiger partial charge in [0.15, 0.2) is 0 Å². The maximum Gasteiger partial charge on any atom is 0.270 e. The van der Waals surface area contributed by atoms with Crippen molar-refractivity contribution in [3.63, 3.8) is 0 Å². The van der Waals surface area contributed by atoms with Gasteiger partial charge in [-0.05, 0) is 19.8 Å². The molecule has 0 aliphatic heterocycles. The molecule has 0 bridgehead atoms. The molecule has 4 heteroatoms. The van der Waals surface area contributed by atoms with Crippen LogP contribution >= 0.6 is 0 Å². The highest BCUT2D eigenvalue weighted by molar-refractivity contribution is 5.93. The highest BCUT2D eigenvalue weighted by Crippen LogP contribution is 2.16. The molecule has 1 amide bonds. The fourth-order valence-corrected chi connectivity index (χ4v) is 1.13. The zero-order chi connectivity index (χ0) is 8.97. The molecule has 0 saturated carbocycles. The first-order valence-corrected chi connectivity index (χ1v) is 4.10. The van der Waals surface area contributed by atoms with E-state index in [-0.39, 0.29) is 11.9 Å². The first-order valence-electron chi connectivity index (χ1n) is 4.10. The molecule has 0 radical (unpaired) electrons. The minimum atomic E-state index is -0.162. The van der Waals surface area contributed by atoms with E-state index >= 15 is 0 Å². The lowest BCUT2D eigenvalue weighted by Gasteiger charge is -2.04. The van der Waals surface area contributed by atoms with E-state index in [1.54, 1.807) is 0 Å². The van der Waals surface area contributed by atoms with E-state index in [9.17, 15) is 4.79 Å². The van der Waals surface area contributed by atoms with E-state index in [0.717, 1.165) is 12.0 Å². The summed E-state index contributed by atoms with van der Waals surface area (Å²) in [6.45, 7) is 2.29. The Morgan fingerprint density at radius 3 is 3.17 bits per heavy atom. The quantitative estimate of drug-likeness (QED) is 0.590. The molecule has 1 aliphatic rings. The molecule has 1 rings (SSSR count). The third-order valence-electron chi connectivity index (χ3n) is 1.75. The summed E-state index contributed by atoms with van der Waals surface area (Å²) in [5.41, 5.74) is 8.68. The van der Waals surface area contributed by atoms with Crippen molar-refractivity contribution in [3.05, 3.63) is 11.6 Å². The van der Waals surface area contributed by atoms with Crippen molar-refractivity contribution in [1.82, 2.24) is 5.48 Å². The van der Waals surface area contributed by atoms with Crippen LogP contribution in [0.25, 0.3) is 0 Å². The molecule has 1 aliphatic carbocycles. The standard InChI is InChI=1S/C8H14N2O2/c1-2-12-10-8(11)6-3-4-7(9)5-6/h3,7H,2,4-5,9H2,1H3,(H,10,11)/t7-/m0/s1. The van der Waals surface area contributed by atoms with Crippen LogP contribution < -0.4 is 11.2 Å². The Morgan fingerprint density at radius 1 is 1.92 bits per heavy atom. The Bertz CT molecular complexity index is 201. The van der Waals surface area contributed by atoms with Crippen LogP contribution in [0.1, 0.15) is 19.8 Å². The minimum absolute atomic E-state index is 0.104. The van der Waals surface area contributed by atoms with Crippen LogP contribution in [-0.4, -0.2) is 18.6 Å². The summed E-state index contributed by atoms with van der Waals surface area (Å²) in [7, 11) is 0. The Morgan fingerprint density at radius 2 is 2.67 bits per heavy atom. The third kappa shape index (κ3) is 2.32. The number of nitrogens with one attached hydrogen (secondary N) is 1. The molecule has 0 aromatic heterocycles. The van der Waals surface area contributed by atoms with Gasteiger partial charge in [-0.15, -0.1) is 0 Å². The molecular weight excluding hydrogens is 156 g/mol. The lowest BCUT2D eigenvalue weighted by Crippen LogP contribution is -2.26. The van der Waals surface area contributed by atoms with Crippen LogP contribution in [0.5, 0.6) is 0 Å². The highest BCUT2D eigenvalue weighted by atomic mass is 16.6. The molecule has 68 valence electrons. The topological polar surface area (TPSA) is 64.3 Å². The van der Waals surface area contributed by atoms with E-state index in [0.29, 0.717) is 13.0 Å². The highest BCUT2D eigenvalue weighted by Gasteiger charge is 2.18. The fourth-order valence-electron chi connectivity index (χ4n) is 1.13.